The Balaban J connectivity index is 2.03. The fraction of sp³-hybridized carbons (Fsp3) is 0.500. The van der Waals surface area contributed by atoms with Gasteiger partial charge in [-0.25, -0.2) is 8.42 Å². The summed E-state index contributed by atoms with van der Waals surface area (Å²) in [6, 6.07) is 6.18. The molecule has 1 aliphatic heterocycles. The zero-order chi connectivity index (χ0) is 13.9. The molecule has 0 spiro atoms. The molecule has 1 saturated heterocycles. The maximum Gasteiger partial charge on any atom is 0.175 e. The van der Waals surface area contributed by atoms with Crippen molar-refractivity contribution in [2.24, 2.45) is 5.92 Å². The van der Waals surface area contributed by atoms with Crippen LogP contribution in [0.15, 0.2) is 29.2 Å². The standard InChI is InChI=1S/C14H18O4S/c1-19(16,17)13-4-2-12(3-5-13)14(15)10-11-6-8-18-9-7-11/h2-5,11H,6-10H2,1H3. The molecule has 1 heterocycles. The van der Waals surface area contributed by atoms with Gasteiger partial charge in [0, 0.05) is 31.5 Å². The number of ketones is 1. The summed E-state index contributed by atoms with van der Waals surface area (Å²) in [5.41, 5.74) is 0.582. The number of hydrogen-bond acceptors (Lipinski definition) is 4. The summed E-state index contributed by atoms with van der Waals surface area (Å²) >= 11 is 0. The van der Waals surface area contributed by atoms with E-state index in [-0.39, 0.29) is 10.7 Å². The molecule has 0 saturated carbocycles. The first-order chi connectivity index (χ1) is 8.97. The topological polar surface area (TPSA) is 60.4 Å². The van der Waals surface area contributed by atoms with Crippen LogP contribution in [-0.2, 0) is 14.6 Å². The van der Waals surface area contributed by atoms with Gasteiger partial charge in [-0.3, -0.25) is 4.79 Å². The second-order valence-corrected chi connectivity index (χ2v) is 7.00. The van der Waals surface area contributed by atoms with Crippen molar-refractivity contribution in [3.05, 3.63) is 29.8 Å². The predicted octanol–water partition coefficient (Wildman–Crippen LogP) is 2.09. The molecule has 0 radical (unpaired) electrons. The van der Waals surface area contributed by atoms with E-state index in [1.54, 1.807) is 12.1 Å². The van der Waals surface area contributed by atoms with Crippen molar-refractivity contribution >= 4 is 15.6 Å². The molecule has 1 aliphatic rings. The lowest BCUT2D eigenvalue weighted by Crippen LogP contribution is -2.18. The van der Waals surface area contributed by atoms with Crippen LogP contribution in [0.4, 0.5) is 0 Å². The lowest BCUT2D eigenvalue weighted by Gasteiger charge is -2.21. The number of ether oxygens (including phenoxy) is 1. The van der Waals surface area contributed by atoms with E-state index in [4.69, 9.17) is 4.74 Å². The fourth-order valence-corrected chi connectivity index (χ4v) is 2.85. The van der Waals surface area contributed by atoms with Gasteiger partial charge in [-0.05, 0) is 30.9 Å². The second-order valence-electron chi connectivity index (χ2n) is 4.98. The van der Waals surface area contributed by atoms with Crippen LogP contribution in [0.5, 0.6) is 0 Å². The summed E-state index contributed by atoms with van der Waals surface area (Å²) in [6.07, 6.45) is 3.52. The highest BCUT2D eigenvalue weighted by Crippen LogP contribution is 2.21. The van der Waals surface area contributed by atoms with Gasteiger partial charge in [0.25, 0.3) is 0 Å². The number of benzene rings is 1. The van der Waals surface area contributed by atoms with E-state index in [2.05, 4.69) is 0 Å². The molecule has 5 heteroatoms. The fourth-order valence-electron chi connectivity index (χ4n) is 2.22. The smallest absolute Gasteiger partial charge is 0.175 e. The van der Waals surface area contributed by atoms with Crippen LogP contribution >= 0.6 is 0 Å². The first kappa shape index (κ1) is 14.2. The van der Waals surface area contributed by atoms with Gasteiger partial charge in [-0.15, -0.1) is 0 Å². The molecule has 0 atom stereocenters. The molecule has 19 heavy (non-hydrogen) atoms. The highest BCUT2D eigenvalue weighted by atomic mass is 32.2. The Morgan fingerprint density at radius 1 is 1.21 bits per heavy atom. The molecule has 4 nitrogen and oxygen atoms in total. The summed E-state index contributed by atoms with van der Waals surface area (Å²) in [5, 5.41) is 0. The monoisotopic (exact) mass is 282 g/mol. The number of rotatable bonds is 4. The van der Waals surface area contributed by atoms with E-state index in [0.29, 0.717) is 17.9 Å². The number of hydrogen-bond donors (Lipinski definition) is 0. The van der Waals surface area contributed by atoms with Crippen LogP contribution in [0.2, 0.25) is 0 Å². The van der Waals surface area contributed by atoms with Crippen LogP contribution in [0.1, 0.15) is 29.6 Å². The van der Waals surface area contributed by atoms with Crippen LogP contribution in [0.3, 0.4) is 0 Å². The average molecular weight is 282 g/mol. The van der Waals surface area contributed by atoms with Gasteiger partial charge in [0.2, 0.25) is 0 Å². The molecule has 104 valence electrons. The Morgan fingerprint density at radius 2 is 1.79 bits per heavy atom. The molecule has 1 fully saturated rings. The lowest BCUT2D eigenvalue weighted by atomic mass is 9.92. The first-order valence-electron chi connectivity index (χ1n) is 6.38. The van der Waals surface area contributed by atoms with Crippen molar-refractivity contribution < 1.29 is 17.9 Å². The molecular weight excluding hydrogens is 264 g/mol. The molecule has 0 N–H and O–H groups in total. The Bertz CT molecular complexity index is 539. The van der Waals surface area contributed by atoms with Crippen molar-refractivity contribution in [3.63, 3.8) is 0 Å². The Morgan fingerprint density at radius 3 is 2.32 bits per heavy atom. The van der Waals surface area contributed by atoms with E-state index in [0.717, 1.165) is 32.3 Å². The van der Waals surface area contributed by atoms with Crippen molar-refractivity contribution in [2.45, 2.75) is 24.2 Å². The molecule has 0 bridgehead atoms. The van der Waals surface area contributed by atoms with Gasteiger partial charge in [0.1, 0.15) is 0 Å². The average Bonchev–Trinajstić information content (AvgIpc) is 2.39. The minimum atomic E-state index is -3.20. The minimum absolute atomic E-state index is 0.0759. The number of sulfone groups is 1. The van der Waals surface area contributed by atoms with E-state index >= 15 is 0 Å². The van der Waals surface area contributed by atoms with E-state index in [9.17, 15) is 13.2 Å². The highest BCUT2D eigenvalue weighted by Gasteiger charge is 2.18. The third-order valence-electron chi connectivity index (χ3n) is 3.42. The van der Waals surface area contributed by atoms with Gasteiger partial charge < -0.3 is 4.74 Å². The van der Waals surface area contributed by atoms with E-state index < -0.39 is 9.84 Å². The normalized spacial score (nSPS) is 17.3. The van der Waals surface area contributed by atoms with Gasteiger partial charge in [-0.1, -0.05) is 12.1 Å². The minimum Gasteiger partial charge on any atom is -0.381 e. The van der Waals surface area contributed by atoms with Crippen LogP contribution in [0.25, 0.3) is 0 Å². The second kappa shape index (κ2) is 5.84. The molecule has 1 aromatic rings. The van der Waals surface area contributed by atoms with Gasteiger partial charge in [0.15, 0.2) is 15.6 Å². The molecule has 0 amide bonds. The lowest BCUT2D eigenvalue weighted by molar-refractivity contribution is 0.0601. The largest absolute Gasteiger partial charge is 0.381 e. The Hall–Kier alpha value is -1.20. The maximum absolute atomic E-state index is 12.1. The van der Waals surface area contributed by atoms with Gasteiger partial charge in [-0.2, -0.15) is 0 Å². The maximum atomic E-state index is 12.1. The molecule has 0 aliphatic carbocycles. The first-order valence-corrected chi connectivity index (χ1v) is 8.27. The summed E-state index contributed by atoms with van der Waals surface area (Å²) in [7, 11) is -3.20. The Labute approximate surface area is 113 Å². The zero-order valence-corrected chi connectivity index (χ0v) is 11.8. The van der Waals surface area contributed by atoms with Crippen molar-refractivity contribution in [3.8, 4) is 0 Å². The molecule has 0 aromatic heterocycles. The van der Waals surface area contributed by atoms with Crippen LogP contribution < -0.4 is 0 Å². The predicted molar refractivity (Wildman–Crippen MR) is 72.0 cm³/mol. The molecule has 2 rings (SSSR count). The number of Topliss-reactive ketones (excluding diaryl/α,β-unsaturated/α-hetero) is 1. The van der Waals surface area contributed by atoms with E-state index in [1.165, 1.54) is 12.1 Å². The molecule has 0 unspecified atom stereocenters. The summed E-state index contributed by atoms with van der Waals surface area (Å²) < 4.78 is 27.9. The molecule has 1 aromatic carbocycles. The number of carbonyl (C=O) groups excluding carboxylic acids is 1. The SMILES string of the molecule is CS(=O)(=O)c1ccc(C(=O)CC2CCOCC2)cc1. The summed E-state index contributed by atoms with van der Waals surface area (Å²) in [4.78, 5) is 12.3. The van der Waals surface area contributed by atoms with Crippen molar-refractivity contribution in [2.75, 3.05) is 19.5 Å². The summed E-state index contributed by atoms with van der Waals surface area (Å²) in [5.74, 6) is 0.461. The van der Waals surface area contributed by atoms with Crippen LogP contribution in [0, 0.1) is 5.92 Å². The molecular formula is C14H18O4S. The van der Waals surface area contributed by atoms with Gasteiger partial charge in [0.05, 0.1) is 4.90 Å². The highest BCUT2D eigenvalue weighted by molar-refractivity contribution is 7.90. The third kappa shape index (κ3) is 3.88. The van der Waals surface area contributed by atoms with E-state index in [1.807, 2.05) is 0 Å². The zero-order valence-electron chi connectivity index (χ0n) is 11.0. The third-order valence-corrected chi connectivity index (χ3v) is 4.55. The van der Waals surface area contributed by atoms with Crippen molar-refractivity contribution in [1.29, 1.82) is 0 Å². The van der Waals surface area contributed by atoms with Crippen LogP contribution in [-0.4, -0.2) is 33.7 Å². The summed E-state index contributed by atoms with van der Waals surface area (Å²) in [6.45, 7) is 1.45. The Kier molecular flexibility index (Phi) is 4.37. The quantitative estimate of drug-likeness (QED) is 0.793. The van der Waals surface area contributed by atoms with Crippen molar-refractivity contribution in [1.82, 2.24) is 0 Å². The number of carbonyl (C=O) groups is 1. The van der Waals surface area contributed by atoms with Gasteiger partial charge >= 0.3 is 0 Å².